The summed E-state index contributed by atoms with van der Waals surface area (Å²) in [5, 5.41) is 12.6. The fraction of sp³-hybridized carbons (Fsp3) is 0.909. The van der Waals surface area contributed by atoms with Crippen LogP contribution in [0.3, 0.4) is 0 Å². The number of hydrogen-bond donors (Lipinski definition) is 3. The van der Waals surface area contributed by atoms with Crippen molar-refractivity contribution < 1.29 is 9.90 Å². The Balaban J connectivity index is 4.17. The minimum absolute atomic E-state index is 0.0287. The molecule has 0 bridgehead atoms. The lowest BCUT2D eigenvalue weighted by atomic mass is 9.86. The molecule has 0 saturated heterocycles. The van der Waals surface area contributed by atoms with Gasteiger partial charge < -0.3 is 16.2 Å². The van der Waals surface area contributed by atoms with E-state index >= 15 is 0 Å². The molecule has 0 radical (unpaired) electrons. The maximum Gasteiger partial charge on any atom is 0.220 e. The summed E-state index contributed by atoms with van der Waals surface area (Å²) in [7, 11) is 0. The summed E-state index contributed by atoms with van der Waals surface area (Å²) in [5.74, 6) is -0.0700. The first-order chi connectivity index (χ1) is 6.56. The van der Waals surface area contributed by atoms with Gasteiger partial charge in [-0.05, 0) is 41.0 Å². The molecule has 0 fully saturated rings. The molecule has 0 spiro atoms. The number of nitrogens with one attached hydrogen (secondary N) is 1. The molecule has 4 N–H and O–H groups in total. The first-order valence-electron chi connectivity index (χ1n) is 5.35. The smallest absolute Gasteiger partial charge is 0.220 e. The van der Waals surface area contributed by atoms with Crippen LogP contribution in [-0.2, 0) is 4.79 Å². The third-order valence-corrected chi connectivity index (χ3v) is 2.81. The van der Waals surface area contributed by atoms with Crippen molar-refractivity contribution in [3.8, 4) is 0 Å². The third kappa shape index (κ3) is 5.14. The topological polar surface area (TPSA) is 75.4 Å². The van der Waals surface area contributed by atoms with Crippen molar-refractivity contribution in [2.45, 2.75) is 64.6 Å². The number of carbonyl (C=O) groups is 1. The van der Waals surface area contributed by atoms with Gasteiger partial charge in [-0.2, -0.15) is 0 Å². The fourth-order valence-electron chi connectivity index (χ4n) is 0.923. The molecule has 0 aromatic rings. The molecule has 1 amide bonds. The van der Waals surface area contributed by atoms with Crippen molar-refractivity contribution in [2.75, 3.05) is 0 Å². The Kier molecular flexibility index (Phi) is 4.74. The highest BCUT2D eigenvalue weighted by Gasteiger charge is 2.36. The number of hydrogen-bond acceptors (Lipinski definition) is 3. The van der Waals surface area contributed by atoms with Crippen LogP contribution in [0.15, 0.2) is 0 Å². The second-order valence-corrected chi connectivity index (χ2v) is 5.25. The number of nitrogens with two attached hydrogens (primary N) is 1. The van der Waals surface area contributed by atoms with E-state index in [0.717, 1.165) is 0 Å². The fourth-order valence-corrected chi connectivity index (χ4v) is 0.923. The van der Waals surface area contributed by atoms with E-state index in [1.165, 1.54) is 0 Å². The van der Waals surface area contributed by atoms with Gasteiger partial charge in [0.15, 0.2) is 0 Å². The van der Waals surface area contributed by atoms with Crippen molar-refractivity contribution in [3.63, 3.8) is 0 Å². The van der Waals surface area contributed by atoms with Crippen molar-refractivity contribution in [1.82, 2.24) is 5.32 Å². The average molecular weight is 216 g/mol. The maximum absolute atomic E-state index is 11.5. The number of aliphatic hydroxyl groups is 1. The average Bonchev–Trinajstić information content (AvgIpc) is 1.97. The highest BCUT2D eigenvalue weighted by molar-refractivity contribution is 5.76. The zero-order chi connectivity index (χ0) is 12.3. The molecule has 0 aliphatic heterocycles. The molecule has 0 aromatic heterocycles. The van der Waals surface area contributed by atoms with Crippen molar-refractivity contribution in [3.05, 3.63) is 0 Å². The second-order valence-electron chi connectivity index (χ2n) is 5.25. The summed E-state index contributed by atoms with van der Waals surface area (Å²) in [6.45, 7) is 8.83. The zero-order valence-electron chi connectivity index (χ0n) is 10.4. The molecular formula is C11H24N2O2. The Morgan fingerprint density at radius 2 is 1.87 bits per heavy atom. The molecule has 0 aliphatic carbocycles. The summed E-state index contributed by atoms with van der Waals surface area (Å²) in [4.78, 5) is 11.5. The monoisotopic (exact) mass is 216 g/mol. The van der Waals surface area contributed by atoms with Gasteiger partial charge >= 0.3 is 0 Å². The van der Waals surface area contributed by atoms with E-state index in [9.17, 15) is 9.90 Å². The van der Waals surface area contributed by atoms with Crippen LogP contribution in [0.25, 0.3) is 0 Å². The van der Waals surface area contributed by atoms with Crippen molar-refractivity contribution >= 4 is 5.91 Å². The highest BCUT2D eigenvalue weighted by Crippen LogP contribution is 2.20. The SMILES string of the molecule is CC(N)CCC(=O)NC(C)(C)C(C)(C)O. The number of carbonyl (C=O) groups excluding carboxylic acids is 1. The van der Waals surface area contributed by atoms with E-state index in [0.29, 0.717) is 12.8 Å². The summed E-state index contributed by atoms with van der Waals surface area (Å²) in [6.07, 6.45) is 1.06. The van der Waals surface area contributed by atoms with Crippen molar-refractivity contribution in [2.24, 2.45) is 5.73 Å². The number of rotatable bonds is 5. The minimum Gasteiger partial charge on any atom is -0.388 e. The lowest BCUT2D eigenvalue weighted by Crippen LogP contribution is -2.57. The van der Waals surface area contributed by atoms with E-state index in [1.54, 1.807) is 27.7 Å². The van der Waals surface area contributed by atoms with Gasteiger partial charge in [-0.1, -0.05) is 0 Å². The predicted molar refractivity (Wildman–Crippen MR) is 61.4 cm³/mol. The summed E-state index contributed by atoms with van der Waals surface area (Å²) in [5.41, 5.74) is 3.98. The Labute approximate surface area is 92.2 Å². The lowest BCUT2D eigenvalue weighted by molar-refractivity contribution is -0.126. The van der Waals surface area contributed by atoms with Crippen LogP contribution in [0.4, 0.5) is 0 Å². The Morgan fingerprint density at radius 3 is 2.20 bits per heavy atom. The number of amides is 1. The molecule has 0 aromatic carbocycles. The standard InChI is InChI=1S/C11H24N2O2/c1-8(12)6-7-9(14)13-10(2,3)11(4,5)15/h8,15H,6-7,12H2,1-5H3,(H,13,14). The first kappa shape index (κ1) is 14.4. The normalized spacial score (nSPS) is 14.9. The van der Waals surface area contributed by atoms with Gasteiger partial charge in [0.1, 0.15) is 0 Å². The van der Waals surface area contributed by atoms with E-state index in [-0.39, 0.29) is 11.9 Å². The predicted octanol–water partition coefficient (Wildman–Crippen LogP) is 0.779. The molecule has 4 nitrogen and oxygen atoms in total. The van der Waals surface area contributed by atoms with E-state index in [4.69, 9.17) is 5.73 Å². The van der Waals surface area contributed by atoms with Crippen LogP contribution < -0.4 is 11.1 Å². The summed E-state index contributed by atoms with van der Waals surface area (Å²) in [6, 6.07) is 0.0287. The Morgan fingerprint density at radius 1 is 1.40 bits per heavy atom. The van der Waals surface area contributed by atoms with Gasteiger partial charge in [-0.3, -0.25) is 4.79 Å². The van der Waals surface area contributed by atoms with Crippen LogP contribution in [-0.4, -0.2) is 28.2 Å². The summed E-state index contributed by atoms with van der Waals surface area (Å²) < 4.78 is 0. The minimum atomic E-state index is -0.947. The summed E-state index contributed by atoms with van der Waals surface area (Å²) >= 11 is 0. The molecule has 15 heavy (non-hydrogen) atoms. The quantitative estimate of drug-likeness (QED) is 0.635. The Bertz CT molecular complexity index is 217. The van der Waals surface area contributed by atoms with E-state index < -0.39 is 11.1 Å². The van der Waals surface area contributed by atoms with Gasteiger partial charge in [0.05, 0.1) is 11.1 Å². The molecule has 0 rings (SSSR count). The van der Waals surface area contributed by atoms with Gasteiger partial charge in [0, 0.05) is 12.5 Å². The molecular weight excluding hydrogens is 192 g/mol. The first-order valence-corrected chi connectivity index (χ1v) is 5.35. The van der Waals surface area contributed by atoms with Crippen LogP contribution >= 0.6 is 0 Å². The van der Waals surface area contributed by atoms with Gasteiger partial charge in [0.25, 0.3) is 0 Å². The molecule has 1 unspecified atom stereocenters. The lowest BCUT2D eigenvalue weighted by Gasteiger charge is -2.38. The van der Waals surface area contributed by atoms with Gasteiger partial charge in [-0.15, -0.1) is 0 Å². The van der Waals surface area contributed by atoms with E-state index in [1.807, 2.05) is 6.92 Å². The highest BCUT2D eigenvalue weighted by atomic mass is 16.3. The second kappa shape index (κ2) is 4.94. The van der Waals surface area contributed by atoms with Crippen LogP contribution in [0.2, 0.25) is 0 Å². The molecule has 4 heteroatoms. The van der Waals surface area contributed by atoms with Gasteiger partial charge in [0.2, 0.25) is 5.91 Å². The molecule has 0 aliphatic rings. The third-order valence-electron chi connectivity index (χ3n) is 2.81. The van der Waals surface area contributed by atoms with Crippen LogP contribution in [0, 0.1) is 0 Å². The maximum atomic E-state index is 11.5. The van der Waals surface area contributed by atoms with Crippen LogP contribution in [0.5, 0.6) is 0 Å². The molecule has 0 heterocycles. The van der Waals surface area contributed by atoms with Gasteiger partial charge in [-0.25, -0.2) is 0 Å². The Hall–Kier alpha value is -0.610. The largest absolute Gasteiger partial charge is 0.388 e. The van der Waals surface area contributed by atoms with Crippen molar-refractivity contribution in [1.29, 1.82) is 0 Å². The van der Waals surface area contributed by atoms with E-state index in [2.05, 4.69) is 5.32 Å². The molecule has 1 atom stereocenters. The van der Waals surface area contributed by atoms with Crippen LogP contribution in [0.1, 0.15) is 47.5 Å². The zero-order valence-corrected chi connectivity index (χ0v) is 10.4. The molecule has 0 saturated carbocycles. The molecule has 90 valence electrons.